The van der Waals surface area contributed by atoms with E-state index in [-0.39, 0.29) is 30.5 Å². The summed E-state index contributed by atoms with van der Waals surface area (Å²) >= 11 is 1.11. The van der Waals surface area contributed by atoms with Crippen molar-refractivity contribution in [3.63, 3.8) is 0 Å². The fourth-order valence-electron chi connectivity index (χ4n) is 3.63. The second-order valence-electron chi connectivity index (χ2n) is 7.83. The summed E-state index contributed by atoms with van der Waals surface area (Å²) in [6, 6.07) is 10.2. The maximum absolute atomic E-state index is 12.8. The number of ether oxygens (including phenoxy) is 1. The second kappa shape index (κ2) is 10.6. The van der Waals surface area contributed by atoms with Crippen molar-refractivity contribution >= 4 is 39.8 Å². The highest BCUT2D eigenvalue weighted by Crippen LogP contribution is 2.34. The van der Waals surface area contributed by atoms with E-state index in [1.807, 2.05) is 18.2 Å². The van der Waals surface area contributed by atoms with Crippen molar-refractivity contribution in [3.8, 4) is 0 Å². The third-order valence-corrected chi connectivity index (χ3v) is 6.54. The standard InChI is InChI=1S/C23H30N4O4S/c1-5-31-23(30)19-16(2)20(22(29)25(3)4)32-21(19)24-18(28)15-26-11-13-27(14-12-26)17-9-7-6-8-10-17/h6-10H,5,11-15H2,1-4H3,(H,24,28). The van der Waals surface area contributed by atoms with Crippen molar-refractivity contribution in [1.29, 1.82) is 0 Å². The van der Waals surface area contributed by atoms with Gasteiger partial charge in [0.15, 0.2) is 0 Å². The minimum absolute atomic E-state index is 0.212. The Kier molecular flexibility index (Phi) is 7.87. The van der Waals surface area contributed by atoms with E-state index in [1.54, 1.807) is 27.9 Å². The molecule has 1 fully saturated rings. The van der Waals surface area contributed by atoms with Gasteiger partial charge in [-0.05, 0) is 31.5 Å². The zero-order valence-electron chi connectivity index (χ0n) is 19.0. The number of nitrogens with one attached hydrogen (secondary N) is 1. The summed E-state index contributed by atoms with van der Waals surface area (Å²) < 4.78 is 5.16. The summed E-state index contributed by atoms with van der Waals surface area (Å²) in [6.07, 6.45) is 0. The van der Waals surface area contributed by atoms with Gasteiger partial charge in [0.1, 0.15) is 5.00 Å². The highest BCUT2D eigenvalue weighted by molar-refractivity contribution is 7.18. The molecule has 1 aliphatic rings. The van der Waals surface area contributed by atoms with Gasteiger partial charge < -0.3 is 19.9 Å². The van der Waals surface area contributed by atoms with E-state index in [9.17, 15) is 14.4 Å². The number of anilines is 2. The molecule has 1 aromatic carbocycles. The Labute approximate surface area is 192 Å². The Morgan fingerprint density at radius 1 is 1.09 bits per heavy atom. The number of nitrogens with zero attached hydrogens (tertiary/aromatic N) is 3. The number of benzene rings is 1. The highest BCUT2D eigenvalue weighted by Gasteiger charge is 2.28. The molecule has 2 heterocycles. The maximum Gasteiger partial charge on any atom is 0.341 e. The molecule has 0 bridgehead atoms. The summed E-state index contributed by atoms with van der Waals surface area (Å²) in [4.78, 5) is 44.1. The molecule has 172 valence electrons. The first kappa shape index (κ1) is 23.7. The van der Waals surface area contributed by atoms with E-state index in [4.69, 9.17) is 4.74 Å². The topological polar surface area (TPSA) is 82.2 Å². The molecule has 9 heteroatoms. The van der Waals surface area contributed by atoms with Crippen molar-refractivity contribution in [2.45, 2.75) is 13.8 Å². The van der Waals surface area contributed by atoms with Crippen LogP contribution in [0.5, 0.6) is 0 Å². The van der Waals surface area contributed by atoms with Crippen LogP contribution in [0.1, 0.15) is 32.5 Å². The van der Waals surface area contributed by atoms with E-state index < -0.39 is 5.97 Å². The zero-order valence-corrected chi connectivity index (χ0v) is 19.8. The molecule has 2 aromatic rings. The van der Waals surface area contributed by atoms with Crippen LogP contribution in [0.3, 0.4) is 0 Å². The lowest BCUT2D eigenvalue weighted by Gasteiger charge is -2.35. The van der Waals surface area contributed by atoms with Gasteiger partial charge in [-0.3, -0.25) is 14.5 Å². The van der Waals surface area contributed by atoms with Crippen LogP contribution >= 0.6 is 11.3 Å². The van der Waals surface area contributed by atoms with Crippen molar-refractivity contribution < 1.29 is 19.1 Å². The second-order valence-corrected chi connectivity index (χ2v) is 8.85. The predicted molar refractivity (Wildman–Crippen MR) is 127 cm³/mol. The SMILES string of the molecule is CCOC(=O)c1c(NC(=O)CN2CCN(c3ccccc3)CC2)sc(C(=O)N(C)C)c1C. The minimum Gasteiger partial charge on any atom is -0.462 e. The van der Waals surface area contributed by atoms with Gasteiger partial charge >= 0.3 is 5.97 Å². The van der Waals surface area contributed by atoms with Crippen LogP contribution in [-0.4, -0.2) is 81.0 Å². The van der Waals surface area contributed by atoms with Gasteiger partial charge in [0, 0.05) is 46.0 Å². The fourth-order valence-corrected chi connectivity index (χ4v) is 4.86. The molecule has 8 nitrogen and oxygen atoms in total. The maximum atomic E-state index is 12.8. The van der Waals surface area contributed by atoms with Crippen LogP contribution in [0.2, 0.25) is 0 Å². The zero-order chi connectivity index (χ0) is 23.3. The molecule has 1 aromatic heterocycles. The molecule has 0 saturated carbocycles. The third-order valence-electron chi connectivity index (χ3n) is 5.34. The van der Waals surface area contributed by atoms with Crippen molar-refractivity contribution in [1.82, 2.24) is 9.80 Å². The van der Waals surface area contributed by atoms with Gasteiger partial charge in [-0.2, -0.15) is 0 Å². The molecule has 3 rings (SSSR count). The summed E-state index contributed by atoms with van der Waals surface area (Å²) in [5.74, 6) is -0.963. The third kappa shape index (κ3) is 5.46. The van der Waals surface area contributed by atoms with Gasteiger partial charge in [0.05, 0.1) is 23.6 Å². The number of esters is 1. The number of carbonyl (C=O) groups excluding carboxylic acids is 3. The Balaban J connectivity index is 1.67. The normalized spacial score (nSPS) is 14.2. The monoisotopic (exact) mass is 458 g/mol. The first-order valence-corrected chi connectivity index (χ1v) is 11.5. The lowest BCUT2D eigenvalue weighted by atomic mass is 10.1. The summed E-state index contributed by atoms with van der Waals surface area (Å²) in [6.45, 7) is 7.07. The first-order chi connectivity index (χ1) is 15.3. The van der Waals surface area contributed by atoms with Crippen LogP contribution in [0.25, 0.3) is 0 Å². The highest BCUT2D eigenvalue weighted by atomic mass is 32.1. The average Bonchev–Trinajstić information content (AvgIpc) is 3.09. The fraction of sp³-hybridized carbons (Fsp3) is 0.435. The van der Waals surface area contributed by atoms with Gasteiger partial charge in [-0.25, -0.2) is 4.79 Å². The smallest absolute Gasteiger partial charge is 0.341 e. The first-order valence-electron chi connectivity index (χ1n) is 10.7. The minimum atomic E-state index is -0.536. The van der Waals surface area contributed by atoms with Crippen LogP contribution in [0.4, 0.5) is 10.7 Å². The molecule has 0 unspecified atom stereocenters. The van der Waals surface area contributed by atoms with Crippen molar-refractivity contribution in [3.05, 3.63) is 46.3 Å². The molecule has 1 aliphatic heterocycles. The lowest BCUT2D eigenvalue weighted by molar-refractivity contribution is -0.117. The number of amides is 2. The number of piperazine rings is 1. The van der Waals surface area contributed by atoms with E-state index in [2.05, 4.69) is 27.2 Å². The van der Waals surface area contributed by atoms with Crippen molar-refractivity contribution in [2.24, 2.45) is 0 Å². The molecule has 0 atom stereocenters. The quantitative estimate of drug-likeness (QED) is 0.643. The molecule has 1 saturated heterocycles. The number of para-hydroxylation sites is 1. The van der Waals surface area contributed by atoms with Crippen LogP contribution in [0.15, 0.2) is 30.3 Å². The summed E-state index contributed by atoms with van der Waals surface area (Å²) in [7, 11) is 3.30. The molecular formula is C23H30N4O4S. The van der Waals surface area contributed by atoms with Crippen molar-refractivity contribution in [2.75, 3.05) is 63.6 Å². The molecular weight excluding hydrogens is 428 g/mol. The van der Waals surface area contributed by atoms with E-state index >= 15 is 0 Å². The Hall–Kier alpha value is -2.91. The summed E-state index contributed by atoms with van der Waals surface area (Å²) in [5.41, 5.74) is 1.96. The van der Waals surface area contributed by atoms with E-state index in [0.29, 0.717) is 15.4 Å². The van der Waals surface area contributed by atoms with E-state index in [0.717, 1.165) is 37.5 Å². The number of carbonyl (C=O) groups is 3. The number of hydrogen-bond acceptors (Lipinski definition) is 7. The van der Waals surface area contributed by atoms with Gasteiger partial charge in [-0.15, -0.1) is 11.3 Å². The molecule has 0 aliphatic carbocycles. The largest absolute Gasteiger partial charge is 0.462 e. The molecule has 2 amide bonds. The van der Waals surface area contributed by atoms with Crippen LogP contribution < -0.4 is 10.2 Å². The molecule has 32 heavy (non-hydrogen) atoms. The Morgan fingerprint density at radius 2 is 1.75 bits per heavy atom. The molecule has 0 spiro atoms. The van der Waals surface area contributed by atoms with Gasteiger partial charge in [0.25, 0.3) is 5.91 Å². The summed E-state index contributed by atoms with van der Waals surface area (Å²) in [5, 5.41) is 3.21. The number of hydrogen-bond donors (Lipinski definition) is 1. The molecule has 0 radical (unpaired) electrons. The molecule has 1 N–H and O–H groups in total. The van der Waals surface area contributed by atoms with E-state index in [1.165, 1.54) is 10.6 Å². The predicted octanol–water partition coefficient (Wildman–Crippen LogP) is 2.70. The lowest BCUT2D eigenvalue weighted by Crippen LogP contribution is -2.48. The van der Waals surface area contributed by atoms with Crippen LogP contribution in [0, 0.1) is 6.92 Å². The number of thiophene rings is 1. The van der Waals surface area contributed by atoms with Gasteiger partial charge in [0.2, 0.25) is 5.91 Å². The van der Waals surface area contributed by atoms with Crippen LogP contribution in [-0.2, 0) is 9.53 Å². The number of rotatable bonds is 7. The Bertz CT molecular complexity index is 966. The average molecular weight is 459 g/mol. The van der Waals surface area contributed by atoms with Gasteiger partial charge in [-0.1, -0.05) is 18.2 Å². The Morgan fingerprint density at radius 3 is 2.34 bits per heavy atom.